The van der Waals surface area contributed by atoms with Gasteiger partial charge in [0.2, 0.25) is 5.91 Å². The van der Waals surface area contributed by atoms with Crippen LogP contribution in [0.1, 0.15) is 36.8 Å². The molecule has 0 spiro atoms. The van der Waals surface area contributed by atoms with E-state index in [1.54, 1.807) is 0 Å². The predicted octanol–water partition coefficient (Wildman–Crippen LogP) is 4.13. The van der Waals surface area contributed by atoms with E-state index >= 15 is 0 Å². The summed E-state index contributed by atoms with van der Waals surface area (Å²) in [4.78, 5) is 11.2. The molecule has 2 aromatic rings. The standard InChI is InChI=1S/C23H25ClN2O4/c24-20-14-17(21-9-11-23(27)26-25-21)5-10-22(20)29-13-1-12-28-18-6-2-16(3-7-18)4-8-19-15-30-19/h2-3,5-7,10,14,19H,1,4,8-9,11-13,15H2,(H,26,27)/t19-/m1/s1. The summed E-state index contributed by atoms with van der Waals surface area (Å²) in [5.41, 5.74) is 5.52. The number of hydrogen-bond donors (Lipinski definition) is 1. The molecule has 30 heavy (non-hydrogen) atoms. The third-order valence-corrected chi connectivity index (χ3v) is 5.36. The maximum atomic E-state index is 11.2. The minimum Gasteiger partial charge on any atom is -0.493 e. The Morgan fingerprint density at radius 3 is 2.60 bits per heavy atom. The van der Waals surface area contributed by atoms with Crippen molar-refractivity contribution in [1.82, 2.24) is 5.43 Å². The van der Waals surface area contributed by atoms with Gasteiger partial charge in [0.05, 0.1) is 36.7 Å². The molecule has 0 radical (unpaired) electrons. The van der Waals surface area contributed by atoms with Crippen LogP contribution in [0.2, 0.25) is 5.02 Å². The van der Waals surface area contributed by atoms with Crippen molar-refractivity contribution in [2.24, 2.45) is 5.10 Å². The Balaban J connectivity index is 1.17. The number of nitrogens with zero attached hydrogens (tertiary/aromatic N) is 1. The number of benzene rings is 2. The van der Waals surface area contributed by atoms with E-state index in [4.69, 9.17) is 25.8 Å². The molecule has 1 saturated heterocycles. The van der Waals surface area contributed by atoms with Crippen LogP contribution >= 0.6 is 11.6 Å². The maximum Gasteiger partial charge on any atom is 0.240 e. The first-order chi connectivity index (χ1) is 14.7. The van der Waals surface area contributed by atoms with Gasteiger partial charge in [-0.3, -0.25) is 4.79 Å². The molecule has 158 valence electrons. The normalized spacial score (nSPS) is 17.8. The van der Waals surface area contributed by atoms with Crippen molar-refractivity contribution >= 4 is 23.2 Å². The monoisotopic (exact) mass is 428 g/mol. The van der Waals surface area contributed by atoms with Crippen LogP contribution in [-0.2, 0) is 16.0 Å². The third-order valence-electron chi connectivity index (χ3n) is 5.07. The molecule has 1 amide bonds. The van der Waals surface area contributed by atoms with E-state index in [2.05, 4.69) is 22.7 Å². The largest absolute Gasteiger partial charge is 0.493 e. The quantitative estimate of drug-likeness (QED) is 0.456. The second-order valence-electron chi connectivity index (χ2n) is 7.43. The molecule has 2 aliphatic rings. The van der Waals surface area contributed by atoms with Crippen LogP contribution in [0.15, 0.2) is 47.6 Å². The van der Waals surface area contributed by atoms with Crippen molar-refractivity contribution in [3.05, 3.63) is 58.6 Å². The molecule has 7 heteroatoms. The summed E-state index contributed by atoms with van der Waals surface area (Å²) in [5.74, 6) is 1.43. The van der Waals surface area contributed by atoms with Crippen molar-refractivity contribution in [1.29, 1.82) is 0 Å². The fourth-order valence-corrected chi connectivity index (χ4v) is 3.46. The van der Waals surface area contributed by atoms with Gasteiger partial charge in [0.25, 0.3) is 0 Å². The number of rotatable bonds is 10. The summed E-state index contributed by atoms with van der Waals surface area (Å²) in [5, 5.41) is 4.62. The van der Waals surface area contributed by atoms with Crippen molar-refractivity contribution in [2.45, 2.75) is 38.2 Å². The predicted molar refractivity (Wildman–Crippen MR) is 115 cm³/mol. The molecule has 0 unspecified atom stereocenters. The molecule has 6 nitrogen and oxygen atoms in total. The van der Waals surface area contributed by atoms with Gasteiger partial charge >= 0.3 is 0 Å². The second kappa shape index (κ2) is 9.96. The SMILES string of the molecule is O=C1CCC(c2ccc(OCCCOc3ccc(CC[C@@H]4CO4)cc3)c(Cl)c2)=NN1. The number of epoxide rings is 1. The average Bonchev–Trinajstić information content (AvgIpc) is 3.59. The van der Waals surface area contributed by atoms with E-state index in [-0.39, 0.29) is 5.91 Å². The maximum absolute atomic E-state index is 11.2. The van der Waals surface area contributed by atoms with Gasteiger partial charge in [0, 0.05) is 19.3 Å². The van der Waals surface area contributed by atoms with Crippen molar-refractivity contribution in [3.8, 4) is 11.5 Å². The first-order valence-electron chi connectivity index (χ1n) is 10.3. The summed E-state index contributed by atoms with van der Waals surface area (Å²) in [7, 11) is 0. The lowest BCUT2D eigenvalue weighted by Gasteiger charge is -2.14. The molecule has 2 aromatic carbocycles. The molecule has 1 N–H and O–H groups in total. The van der Waals surface area contributed by atoms with Gasteiger partial charge in [-0.1, -0.05) is 23.7 Å². The Morgan fingerprint density at radius 2 is 1.90 bits per heavy atom. The van der Waals surface area contributed by atoms with Crippen LogP contribution in [0.5, 0.6) is 11.5 Å². The zero-order chi connectivity index (χ0) is 20.8. The molecule has 2 aliphatic heterocycles. The summed E-state index contributed by atoms with van der Waals surface area (Å²) in [6.45, 7) is 1.99. The number of carbonyl (C=O) groups excluding carboxylic acids is 1. The minimum absolute atomic E-state index is 0.0633. The van der Waals surface area contributed by atoms with E-state index in [0.717, 1.165) is 42.9 Å². The van der Waals surface area contributed by atoms with E-state index in [1.807, 2.05) is 30.3 Å². The average molecular weight is 429 g/mol. The Morgan fingerprint density at radius 1 is 1.10 bits per heavy atom. The smallest absolute Gasteiger partial charge is 0.240 e. The lowest BCUT2D eigenvalue weighted by molar-refractivity contribution is -0.121. The highest BCUT2D eigenvalue weighted by Crippen LogP contribution is 2.27. The Kier molecular flexibility index (Phi) is 6.87. The molecule has 0 aliphatic carbocycles. The molecule has 0 bridgehead atoms. The van der Waals surface area contributed by atoms with Crippen LogP contribution in [0.3, 0.4) is 0 Å². The number of nitrogens with one attached hydrogen (secondary N) is 1. The van der Waals surface area contributed by atoms with Crippen LogP contribution in [0.4, 0.5) is 0 Å². The van der Waals surface area contributed by atoms with Crippen LogP contribution in [-0.4, -0.2) is 37.5 Å². The lowest BCUT2D eigenvalue weighted by atomic mass is 10.0. The van der Waals surface area contributed by atoms with Gasteiger partial charge in [0.15, 0.2) is 0 Å². The van der Waals surface area contributed by atoms with Crippen molar-refractivity contribution in [2.75, 3.05) is 19.8 Å². The van der Waals surface area contributed by atoms with Crippen LogP contribution in [0.25, 0.3) is 0 Å². The molecule has 4 rings (SSSR count). The minimum atomic E-state index is -0.0633. The highest BCUT2D eigenvalue weighted by atomic mass is 35.5. The first-order valence-corrected chi connectivity index (χ1v) is 10.7. The van der Waals surface area contributed by atoms with E-state index < -0.39 is 0 Å². The molecular formula is C23H25ClN2O4. The molecule has 0 saturated carbocycles. The number of halogens is 1. The summed E-state index contributed by atoms with van der Waals surface area (Å²) < 4.78 is 16.8. The third kappa shape index (κ3) is 5.97. The first kappa shape index (κ1) is 20.7. The zero-order valence-corrected chi connectivity index (χ0v) is 17.5. The van der Waals surface area contributed by atoms with Crippen molar-refractivity contribution in [3.63, 3.8) is 0 Å². The Hall–Kier alpha value is -2.57. The lowest BCUT2D eigenvalue weighted by Crippen LogP contribution is -2.25. The summed E-state index contributed by atoms with van der Waals surface area (Å²) in [6, 6.07) is 13.8. The van der Waals surface area contributed by atoms with E-state index in [1.165, 1.54) is 5.56 Å². The molecule has 0 aromatic heterocycles. The molecule has 1 fully saturated rings. The molecular weight excluding hydrogens is 404 g/mol. The second-order valence-corrected chi connectivity index (χ2v) is 7.83. The fraction of sp³-hybridized carbons (Fsp3) is 0.391. The van der Waals surface area contributed by atoms with E-state index in [9.17, 15) is 4.79 Å². The number of amides is 1. The highest BCUT2D eigenvalue weighted by molar-refractivity contribution is 6.32. The fourth-order valence-electron chi connectivity index (χ4n) is 3.23. The summed E-state index contributed by atoms with van der Waals surface area (Å²) in [6.07, 6.45) is 4.39. The number of hydrogen-bond acceptors (Lipinski definition) is 5. The molecule has 2 heterocycles. The van der Waals surface area contributed by atoms with Gasteiger partial charge < -0.3 is 14.2 Å². The van der Waals surface area contributed by atoms with Crippen LogP contribution < -0.4 is 14.9 Å². The molecule has 1 atom stereocenters. The Bertz CT molecular complexity index is 910. The van der Waals surface area contributed by atoms with Crippen LogP contribution in [0, 0.1) is 0 Å². The summed E-state index contributed by atoms with van der Waals surface area (Å²) >= 11 is 6.34. The number of aryl methyl sites for hydroxylation is 1. The van der Waals surface area contributed by atoms with Gasteiger partial charge in [-0.15, -0.1) is 0 Å². The highest BCUT2D eigenvalue weighted by Gasteiger charge is 2.21. The van der Waals surface area contributed by atoms with Crippen molar-refractivity contribution < 1.29 is 19.0 Å². The topological polar surface area (TPSA) is 72.5 Å². The Labute approximate surface area is 181 Å². The number of hydrazone groups is 1. The number of carbonyl (C=O) groups is 1. The van der Waals surface area contributed by atoms with Gasteiger partial charge in [-0.2, -0.15) is 5.10 Å². The van der Waals surface area contributed by atoms with Gasteiger partial charge in [0.1, 0.15) is 11.5 Å². The number of ether oxygens (including phenoxy) is 3. The zero-order valence-electron chi connectivity index (χ0n) is 16.7. The van der Waals surface area contributed by atoms with Gasteiger partial charge in [-0.05, 0) is 54.3 Å². The van der Waals surface area contributed by atoms with Gasteiger partial charge in [-0.25, -0.2) is 5.43 Å². The van der Waals surface area contributed by atoms with E-state index in [0.29, 0.717) is 42.9 Å².